The molecule has 11 heteroatoms. The highest BCUT2D eigenvalue weighted by atomic mass is 32.1. The van der Waals surface area contributed by atoms with Gasteiger partial charge in [-0.3, -0.25) is 14.9 Å². The number of methoxy groups -OCH3 is 1. The van der Waals surface area contributed by atoms with Crippen LogP contribution in [0.2, 0.25) is 0 Å². The molecule has 0 radical (unpaired) electrons. The first-order chi connectivity index (χ1) is 14.2. The summed E-state index contributed by atoms with van der Waals surface area (Å²) in [6.45, 7) is 0. The number of hydrogen-bond acceptors (Lipinski definition) is 6. The van der Waals surface area contributed by atoms with Crippen molar-refractivity contribution in [1.82, 2.24) is 4.98 Å². The molecule has 3 rings (SSSR count). The standard InChI is InChI=1S/C19H14F3N3O4S/c1-28-13-7-5-11(6-8-13)16(26)25-18-24-15(10-30-18)17(27)23-12-3-2-4-14(9-12)29-19(20,21)22/h2-10H,1H3,(H,23,27)(H,24,25,26). The summed E-state index contributed by atoms with van der Waals surface area (Å²) in [6.07, 6.45) is -4.84. The number of carbonyl (C=O) groups excluding carboxylic acids is 2. The molecule has 0 bridgehead atoms. The fourth-order valence-electron chi connectivity index (χ4n) is 2.31. The van der Waals surface area contributed by atoms with Gasteiger partial charge in [0.15, 0.2) is 5.13 Å². The molecule has 30 heavy (non-hydrogen) atoms. The van der Waals surface area contributed by atoms with Crippen molar-refractivity contribution in [3.63, 3.8) is 0 Å². The number of hydrogen-bond donors (Lipinski definition) is 2. The van der Waals surface area contributed by atoms with E-state index in [1.807, 2.05) is 0 Å². The molecule has 0 saturated heterocycles. The fourth-order valence-corrected chi connectivity index (χ4v) is 3.00. The second kappa shape index (κ2) is 8.82. The first-order valence-corrected chi connectivity index (χ1v) is 9.19. The maximum absolute atomic E-state index is 12.3. The van der Waals surface area contributed by atoms with Crippen LogP contribution in [0.1, 0.15) is 20.8 Å². The predicted molar refractivity (Wildman–Crippen MR) is 104 cm³/mol. The van der Waals surface area contributed by atoms with Gasteiger partial charge in [0, 0.05) is 22.7 Å². The normalized spacial score (nSPS) is 10.9. The topological polar surface area (TPSA) is 89.5 Å². The Bertz CT molecular complexity index is 1050. The predicted octanol–water partition coefficient (Wildman–Crippen LogP) is 4.55. The number of rotatable bonds is 6. The summed E-state index contributed by atoms with van der Waals surface area (Å²) in [4.78, 5) is 28.6. The van der Waals surface area contributed by atoms with Crippen molar-refractivity contribution in [3.05, 3.63) is 65.2 Å². The van der Waals surface area contributed by atoms with E-state index in [-0.39, 0.29) is 16.5 Å². The number of nitrogens with one attached hydrogen (secondary N) is 2. The Balaban J connectivity index is 1.63. The van der Waals surface area contributed by atoms with Gasteiger partial charge in [-0.15, -0.1) is 24.5 Å². The zero-order valence-electron chi connectivity index (χ0n) is 15.3. The monoisotopic (exact) mass is 437 g/mol. The molecular formula is C19H14F3N3O4S. The molecule has 0 spiro atoms. The van der Waals surface area contributed by atoms with Crippen LogP contribution in [0.25, 0.3) is 0 Å². The molecule has 0 fully saturated rings. The zero-order chi connectivity index (χ0) is 21.7. The molecule has 0 unspecified atom stereocenters. The minimum absolute atomic E-state index is 0.00725. The SMILES string of the molecule is COc1ccc(C(=O)Nc2nc(C(=O)Nc3cccc(OC(F)(F)F)c3)cs2)cc1. The molecule has 0 atom stereocenters. The summed E-state index contributed by atoms with van der Waals surface area (Å²) in [5.41, 5.74) is 0.462. The summed E-state index contributed by atoms with van der Waals surface area (Å²) in [5.74, 6) is -0.938. The van der Waals surface area contributed by atoms with E-state index < -0.39 is 23.9 Å². The van der Waals surface area contributed by atoms with Crippen molar-refractivity contribution in [3.8, 4) is 11.5 Å². The van der Waals surface area contributed by atoms with Crippen LogP contribution in [0.15, 0.2) is 53.9 Å². The minimum Gasteiger partial charge on any atom is -0.497 e. The molecule has 3 aromatic rings. The third-order valence-electron chi connectivity index (χ3n) is 3.63. The molecule has 0 saturated carbocycles. The van der Waals surface area contributed by atoms with E-state index in [0.29, 0.717) is 11.3 Å². The highest BCUT2D eigenvalue weighted by Gasteiger charge is 2.31. The Hall–Kier alpha value is -3.60. The van der Waals surface area contributed by atoms with Crippen molar-refractivity contribution in [2.75, 3.05) is 17.7 Å². The fraction of sp³-hybridized carbons (Fsp3) is 0.105. The lowest BCUT2D eigenvalue weighted by atomic mass is 10.2. The molecule has 0 aliphatic carbocycles. The molecule has 0 aliphatic rings. The molecule has 2 N–H and O–H groups in total. The number of ether oxygens (including phenoxy) is 2. The maximum Gasteiger partial charge on any atom is 0.573 e. The molecule has 1 heterocycles. The highest BCUT2D eigenvalue weighted by molar-refractivity contribution is 7.14. The third kappa shape index (κ3) is 5.70. The minimum atomic E-state index is -4.84. The van der Waals surface area contributed by atoms with E-state index in [0.717, 1.165) is 23.5 Å². The van der Waals surface area contributed by atoms with Crippen LogP contribution >= 0.6 is 11.3 Å². The van der Waals surface area contributed by atoms with Crippen LogP contribution in [-0.2, 0) is 0 Å². The number of aromatic nitrogens is 1. The van der Waals surface area contributed by atoms with E-state index >= 15 is 0 Å². The zero-order valence-corrected chi connectivity index (χ0v) is 16.1. The lowest BCUT2D eigenvalue weighted by Gasteiger charge is -2.10. The van der Waals surface area contributed by atoms with Crippen LogP contribution in [0.3, 0.4) is 0 Å². The van der Waals surface area contributed by atoms with E-state index in [9.17, 15) is 22.8 Å². The Morgan fingerprint density at radius 2 is 1.73 bits per heavy atom. The molecule has 2 amide bonds. The van der Waals surface area contributed by atoms with Gasteiger partial charge in [-0.25, -0.2) is 4.98 Å². The van der Waals surface area contributed by atoms with E-state index in [1.165, 1.54) is 24.6 Å². The van der Waals surface area contributed by atoms with Crippen molar-refractivity contribution in [2.45, 2.75) is 6.36 Å². The molecule has 7 nitrogen and oxygen atoms in total. The highest BCUT2D eigenvalue weighted by Crippen LogP contribution is 2.25. The lowest BCUT2D eigenvalue weighted by molar-refractivity contribution is -0.274. The number of thiazole rings is 1. The number of nitrogens with zero attached hydrogens (tertiary/aromatic N) is 1. The van der Waals surface area contributed by atoms with Gasteiger partial charge in [0.2, 0.25) is 0 Å². The third-order valence-corrected chi connectivity index (χ3v) is 4.39. The Labute approximate surface area is 172 Å². The van der Waals surface area contributed by atoms with Crippen molar-refractivity contribution < 1.29 is 32.2 Å². The van der Waals surface area contributed by atoms with Crippen molar-refractivity contribution in [2.24, 2.45) is 0 Å². The quantitative estimate of drug-likeness (QED) is 0.590. The average molecular weight is 437 g/mol. The van der Waals surface area contributed by atoms with E-state index in [2.05, 4.69) is 20.4 Å². The molecule has 0 aliphatic heterocycles. The number of anilines is 2. The Kier molecular flexibility index (Phi) is 6.21. The molecule has 1 aromatic heterocycles. The summed E-state index contributed by atoms with van der Waals surface area (Å²) in [7, 11) is 1.51. The Morgan fingerprint density at radius 1 is 1.00 bits per heavy atom. The van der Waals surface area contributed by atoms with Crippen molar-refractivity contribution >= 4 is 34.0 Å². The van der Waals surface area contributed by atoms with Gasteiger partial charge in [0.1, 0.15) is 17.2 Å². The van der Waals surface area contributed by atoms with Crippen molar-refractivity contribution in [1.29, 1.82) is 0 Å². The van der Waals surface area contributed by atoms with Crippen LogP contribution in [-0.4, -0.2) is 30.3 Å². The van der Waals surface area contributed by atoms with Crippen LogP contribution in [0.5, 0.6) is 11.5 Å². The van der Waals surface area contributed by atoms with Gasteiger partial charge in [0.25, 0.3) is 11.8 Å². The second-order valence-corrected chi connectivity index (χ2v) is 6.61. The summed E-state index contributed by atoms with van der Waals surface area (Å²) >= 11 is 1.03. The molecule has 156 valence electrons. The number of halogens is 3. The van der Waals surface area contributed by atoms with Gasteiger partial charge in [-0.05, 0) is 36.4 Å². The maximum atomic E-state index is 12.3. The van der Waals surface area contributed by atoms with Gasteiger partial charge >= 0.3 is 6.36 Å². The summed E-state index contributed by atoms with van der Waals surface area (Å²) < 4.78 is 45.8. The van der Waals surface area contributed by atoms with Gasteiger partial charge < -0.3 is 14.8 Å². The first-order valence-electron chi connectivity index (χ1n) is 8.31. The smallest absolute Gasteiger partial charge is 0.497 e. The van der Waals surface area contributed by atoms with Gasteiger partial charge in [-0.2, -0.15) is 0 Å². The summed E-state index contributed by atoms with van der Waals surface area (Å²) in [6, 6.07) is 11.3. The van der Waals surface area contributed by atoms with Crippen LogP contribution in [0, 0.1) is 0 Å². The second-order valence-electron chi connectivity index (χ2n) is 5.75. The summed E-state index contributed by atoms with van der Waals surface area (Å²) in [5, 5.41) is 6.60. The van der Waals surface area contributed by atoms with E-state index in [4.69, 9.17) is 4.74 Å². The molecular weight excluding hydrogens is 423 g/mol. The van der Waals surface area contributed by atoms with Gasteiger partial charge in [-0.1, -0.05) is 6.07 Å². The first kappa shape index (κ1) is 21.1. The molecule has 2 aromatic carbocycles. The largest absolute Gasteiger partial charge is 0.573 e. The number of amides is 2. The number of alkyl halides is 3. The average Bonchev–Trinajstić information content (AvgIpc) is 3.15. The Morgan fingerprint density at radius 3 is 2.40 bits per heavy atom. The van der Waals surface area contributed by atoms with Crippen LogP contribution in [0.4, 0.5) is 24.0 Å². The number of benzene rings is 2. The van der Waals surface area contributed by atoms with Gasteiger partial charge in [0.05, 0.1) is 7.11 Å². The number of carbonyl (C=O) groups is 2. The lowest BCUT2D eigenvalue weighted by Crippen LogP contribution is -2.17. The van der Waals surface area contributed by atoms with Crippen LogP contribution < -0.4 is 20.1 Å². The van der Waals surface area contributed by atoms with E-state index in [1.54, 1.807) is 24.3 Å².